The summed E-state index contributed by atoms with van der Waals surface area (Å²) in [5, 5.41) is 15.6. The quantitative estimate of drug-likeness (QED) is 0.659. The Morgan fingerprint density at radius 1 is 1.32 bits per heavy atom. The van der Waals surface area contributed by atoms with Crippen LogP contribution in [0.5, 0.6) is 0 Å². The summed E-state index contributed by atoms with van der Waals surface area (Å²) in [7, 11) is -3.22. The molecule has 0 unspecified atom stereocenters. The molecule has 31 heavy (non-hydrogen) atoms. The van der Waals surface area contributed by atoms with E-state index in [-0.39, 0.29) is 18.4 Å². The minimum absolute atomic E-state index is 0.0943. The molecule has 10 heteroatoms. The smallest absolute Gasteiger partial charge is 0.238 e. The summed E-state index contributed by atoms with van der Waals surface area (Å²) in [6, 6.07) is 6.25. The molecule has 2 aliphatic heterocycles. The molecular formula is C21H28FN5O3S. The monoisotopic (exact) mass is 449 g/mol. The molecular weight excluding hydrogens is 421 g/mol. The fourth-order valence-electron chi connectivity index (χ4n) is 4.94. The zero-order valence-corrected chi connectivity index (χ0v) is 18.4. The number of carbonyl (C=O) groups excluding carboxylic acids is 1. The first-order valence-electron chi connectivity index (χ1n) is 10.7. The first-order valence-corrected chi connectivity index (χ1v) is 12.5. The molecule has 1 amide bonds. The summed E-state index contributed by atoms with van der Waals surface area (Å²) in [5.74, 6) is -0.293. The Hall–Kier alpha value is -2.22. The molecule has 1 aliphatic carbocycles. The summed E-state index contributed by atoms with van der Waals surface area (Å²) < 4.78 is 39.5. The van der Waals surface area contributed by atoms with E-state index in [1.165, 1.54) is 16.6 Å². The second-order valence-corrected chi connectivity index (χ2v) is 10.7. The van der Waals surface area contributed by atoms with E-state index >= 15 is 0 Å². The molecule has 1 aromatic rings. The van der Waals surface area contributed by atoms with Gasteiger partial charge < -0.3 is 15.5 Å². The molecule has 4 rings (SSSR count). The summed E-state index contributed by atoms with van der Waals surface area (Å²) in [5.41, 5.74) is 1.05. The van der Waals surface area contributed by atoms with E-state index < -0.39 is 21.9 Å². The fraction of sp³-hybridized carbons (Fsp3) is 0.619. The van der Waals surface area contributed by atoms with E-state index in [2.05, 4.69) is 16.7 Å². The first-order chi connectivity index (χ1) is 14.7. The highest BCUT2D eigenvalue weighted by atomic mass is 32.2. The summed E-state index contributed by atoms with van der Waals surface area (Å²) in [6.45, 7) is 1.70. The highest BCUT2D eigenvalue weighted by Gasteiger charge is 2.43. The Morgan fingerprint density at radius 2 is 2.06 bits per heavy atom. The van der Waals surface area contributed by atoms with Gasteiger partial charge in [0.25, 0.3) is 0 Å². The summed E-state index contributed by atoms with van der Waals surface area (Å²) in [4.78, 5) is 14.5. The van der Waals surface area contributed by atoms with E-state index in [4.69, 9.17) is 0 Å². The number of sulfonamides is 1. The van der Waals surface area contributed by atoms with Crippen LogP contribution in [0.4, 0.5) is 10.1 Å². The van der Waals surface area contributed by atoms with Crippen LogP contribution in [-0.2, 0) is 21.2 Å². The van der Waals surface area contributed by atoms with Crippen LogP contribution in [-0.4, -0.2) is 69.2 Å². The van der Waals surface area contributed by atoms with Gasteiger partial charge in [-0.15, -0.1) is 0 Å². The third-order valence-corrected chi connectivity index (χ3v) is 7.95. The van der Waals surface area contributed by atoms with Crippen molar-refractivity contribution in [3.8, 4) is 6.07 Å². The molecule has 2 bridgehead atoms. The fourth-order valence-corrected chi connectivity index (χ4v) is 5.76. The Balaban J connectivity index is 1.35. The summed E-state index contributed by atoms with van der Waals surface area (Å²) in [6.07, 6.45) is 4.41. The Morgan fingerprint density at radius 3 is 2.61 bits per heavy atom. The molecule has 3 aliphatic rings. The number of carbonyl (C=O) groups is 1. The molecule has 2 N–H and O–H groups in total. The second kappa shape index (κ2) is 8.73. The number of halogens is 1. The lowest BCUT2D eigenvalue weighted by atomic mass is 9.98. The molecule has 0 spiro atoms. The average molecular weight is 450 g/mol. The maximum atomic E-state index is 14.8. The van der Waals surface area contributed by atoms with Gasteiger partial charge in [-0.3, -0.25) is 4.79 Å². The van der Waals surface area contributed by atoms with Crippen LogP contribution in [0.3, 0.4) is 0 Å². The standard InChI is InChI=1S/C21H28FN5O3S/c1-31(29,30)27-8-6-26(7-9-27)18-5-3-14(19(22)12-18)10-17(13-23)25-21(28)20-15-2-4-16(11-15)24-20/h3,5,12,15-17,20,24H,2,4,6-11H2,1H3,(H,25,28)/t15-,16-,17-,20-/m0/s1. The largest absolute Gasteiger partial charge is 0.369 e. The average Bonchev–Trinajstić information content (AvgIpc) is 3.37. The maximum Gasteiger partial charge on any atom is 0.238 e. The molecule has 2 heterocycles. The van der Waals surface area contributed by atoms with Crippen molar-refractivity contribution < 1.29 is 17.6 Å². The van der Waals surface area contributed by atoms with Crippen LogP contribution in [0, 0.1) is 23.1 Å². The zero-order valence-electron chi connectivity index (χ0n) is 17.6. The van der Waals surface area contributed by atoms with Crippen molar-refractivity contribution in [3.05, 3.63) is 29.6 Å². The van der Waals surface area contributed by atoms with E-state index in [0.29, 0.717) is 49.4 Å². The topological polar surface area (TPSA) is 106 Å². The van der Waals surface area contributed by atoms with Crippen LogP contribution >= 0.6 is 0 Å². The van der Waals surface area contributed by atoms with Gasteiger partial charge in [0.2, 0.25) is 15.9 Å². The third kappa shape index (κ3) is 4.84. The lowest BCUT2D eigenvalue weighted by Crippen LogP contribution is -2.50. The van der Waals surface area contributed by atoms with E-state index in [1.54, 1.807) is 12.1 Å². The maximum absolute atomic E-state index is 14.8. The number of hydrogen-bond donors (Lipinski definition) is 2. The van der Waals surface area contributed by atoms with Crippen molar-refractivity contribution in [2.24, 2.45) is 5.92 Å². The molecule has 1 aromatic carbocycles. The molecule has 2 saturated heterocycles. The van der Waals surface area contributed by atoms with Crippen LogP contribution in [0.25, 0.3) is 0 Å². The van der Waals surface area contributed by atoms with Crippen molar-refractivity contribution in [2.75, 3.05) is 37.3 Å². The Kier molecular flexibility index (Phi) is 6.19. The normalized spacial score (nSPS) is 27.1. The van der Waals surface area contributed by atoms with Crippen LogP contribution in [0.2, 0.25) is 0 Å². The third-order valence-electron chi connectivity index (χ3n) is 6.65. The Bertz CT molecular complexity index is 987. The SMILES string of the molecule is CS(=O)(=O)N1CCN(c2ccc(C[C@@H](C#N)NC(=O)[C@H]3N[C@H]4CC[C@H]3C4)c(F)c2)CC1. The van der Waals surface area contributed by atoms with Crippen LogP contribution < -0.4 is 15.5 Å². The number of nitriles is 1. The lowest BCUT2D eigenvalue weighted by molar-refractivity contribution is -0.124. The van der Waals surface area contributed by atoms with E-state index in [1.807, 2.05) is 4.90 Å². The number of amides is 1. The molecule has 0 aromatic heterocycles. The molecule has 3 fully saturated rings. The van der Waals surface area contributed by atoms with Crippen LogP contribution in [0.1, 0.15) is 24.8 Å². The van der Waals surface area contributed by atoms with Gasteiger partial charge in [-0.05, 0) is 42.9 Å². The molecule has 4 atom stereocenters. The number of anilines is 1. The first kappa shape index (κ1) is 22.0. The highest BCUT2D eigenvalue weighted by molar-refractivity contribution is 7.88. The lowest BCUT2D eigenvalue weighted by Gasteiger charge is -2.34. The molecule has 0 radical (unpaired) electrons. The molecule has 1 saturated carbocycles. The van der Waals surface area contributed by atoms with Gasteiger partial charge in [0.15, 0.2) is 0 Å². The van der Waals surface area contributed by atoms with Crippen molar-refractivity contribution in [1.82, 2.24) is 14.9 Å². The predicted molar refractivity (Wildman–Crippen MR) is 114 cm³/mol. The van der Waals surface area contributed by atoms with Gasteiger partial charge in [0.1, 0.15) is 11.9 Å². The zero-order chi connectivity index (χ0) is 22.2. The van der Waals surface area contributed by atoms with Crippen LogP contribution in [0.15, 0.2) is 18.2 Å². The number of nitrogens with zero attached hydrogens (tertiary/aromatic N) is 3. The van der Waals surface area contributed by atoms with Crippen molar-refractivity contribution in [2.45, 2.75) is 43.8 Å². The summed E-state index contributed by atoms with van der Waals surface area (Å²) >= 11 is 0. The number of hydrogen-bond acceptors (Lipinski definition) is 6. The van der Waals surface area contributed by atoms with Gasteiger partial charge in [-0.25, -0.2) is 12.8 Å². The predicted octanol–water partition coefficient (Wildman–Crippen LogP) is 0.599. The minimum atomic E-state index is -3.22. The van der Waals surface area contributed by atoms with E-state index in [0.717, 1.165) is 19.3 Å². The molecule has 8 nitrogen and oxygen atoms in total. The van der Waals surface area contributed by atoms with Crippen molar-refractivity contribution in [3.63, 3.8) is 0 Å². The minimum Gasteiger partial charge on any atom is -0.369 e. The number of piperidine rings is 1. The number of rotatable bonds is 6. The molecule has 168 valence electrons. The highest BCUT2D eigenvalue weighted by Crippen LogP contribution is 2.35. The second-order valence-electron chi connectivity index (χ2n) is 8.73. The van der Waals surface area contributed by atoms with E-state index in [9.17, 15) is 22.9 Å². The van der Waals surface area contributed by atoms with Gasteiger partial charge in [-0.1, -0.05) is 6.07 Å². The Labute approximate surface area is 182 Å². The van der Waals surface area contributed by atoms with Crippen molar-refractivity contribution >= 4 is 21.6 Å². The van der Waals surface area contributed by atoms with Gasteiger partial charge in [-0.2, -0.15) is 9.57 Å². The van der Waals surface area contributed by atoms with Gasteiger partial charge in [0, 0.05) is 44.3 Å². The number of piperazine rings is 1. The van der Waals surface area contributed by atoms with Crippen molar-refractivity contribution in [1.29, 1.82) is 5.26 Å². The number of benzene rings is 1. The number of fused-ring (bicyclic) bond motifs is 2. The van der Waals surface area contributed by atoms with Gasteiger partial charge >= 0.3 is 0 Å². The number of nitrogens with one attached hydrogen (secondary N) is 2. The van der Waals surface area contributed by atoms with Gasteiger partial charge in [0.05, 0.1) is 18.4 Å².